The van der Waals surface area contributed by atoms with Crippen molar-refractivity contribution in [1.29, 1.82) is 0 Å². The van der Waals surface area contributed by atoms with Crippen molar-refractivity contribution in [1.82, 2.24) is 0 Å². The van der Waals surface area contributed by atoms with Gasteiger partial charge in [-0.3, -0.25) is 0 Å². The van der Waals surface area contributed by atoms with Crippen LogP contribution in [0.25, 0.3) is 0 Å². The Hall–Kier alpha value is -1.96. The average Bonchev–Trinajstić information content (AvgIpc) is 3.33. The van der Waals surface area contributed by atoms with Crippen LogP contribution in [0.2, 0.25) is 0 Å². The first-order chi connectivity index (χ1) is 16.1. The summed E-state index contributed by atoms with van der Waals surface area (Å²) in [4.78, 5) is 0. The Labute approximate surface area is 209 Å². The zero-order chi connectivity index (χ0) is 24.9. The van der Waals surface area contributed by atoms with Crippen LogP contribution >= 0.6 is 0 Å². The van der Waals surface area contributed by atoms with E-state index in [1.54, 1.807) is 5.57 Å². The van der Waals surface area contributed by atoms with Gasteiger partial charge in [0.25, 0.3) is 0 Å². The van der Waals surface area contributed by atoms with Gasteiger partial charge in [0.05, 0.1) is 0 Å². The summed E-state index contributed by atoms with van der Waals surface area (Å²) in [5, 5.41) is 10.5. The fourth-order valence-electron chi connectivity index (χ4n) is 5.53. The molecule has 0 aromatic heterocycles. The van der Waals surface area contributed by atoms with E-state index >= 15 is 0 Å². The summed E-state index contributed by atoms with van der Waals surface area (Å²) < 4.78 is 6.69. The van der Waals surface area contributed by atoms with Crippen LogP contribution in [0.4, 0.5) is 0 Å². The summed E-state index contributed by atoms with van der Waals surface area (Å²) in [6.45, 7) is 15.3. The molecular formula is C32H48O2. The molecule has 1 aliphatic carbocycles. The molecule has 0 saturated heterocycles. The molecule has 2 heteroatoms. The molecule has 1 saturated carbocycles. The molecule has 0 spiro atoms. The maximum atomic E-state index is 10.5. The van der Waals surface area contributed by atoms with Crippen molar-refractivity contribution < 1.29 is 9.84 Å². The topological polar surface area (TPSA) is 29.5 Å². The molecule has 188 valence electrons. The maximum Gasteiger partial charge on any atom is 0.127 e. The summed E-state index contributed by atoms with van der Waals surface area (Å²) in [5.74, 6) is 1.88. The number of rotatable bonds is 9. The van der Waals surface area contributed by atoms with Gasteiger partial charge in [-0.05, 0) is 135 Å². The molecule has 0 bridgehead atoms. The molecule has 1 fully saturated rings. The molecular weight excluding hydrogens is 416 g/mol. The van der Waals surface area contributed by atoms with Gasteiger partial charge >= 0.3 is 0 Å². The van der Waals surface area contributed by atoms with Crippen molar-refractivity contribution in [3.63, 3.8) is 0 Å². The SMILES string of the molecule is C/C(=C\CC/C(C)=C/CC(C)[C@]1(C)CCc2c(C)c(O)c(C)c(C)c2O1)CCC=C1CCCC1. The van der Waals surface area contributed by atoms with Gasteiger partial charge in [-0.15, -0.1) is 0 Å². The van der Waals surface area contributed by atoms with Gasteiger partial charge in [0, 0.05) is 5.56 Å². The first kappa shape index (κ1) is 26.6. The summed E-state index contributed by atoms with van der Waals surface area (Å²) in [5.41, 5.74) is 8.75. The van der Waals surface area contributed by atoms with Crippen LogP contribution in [0, 0.1) is 26.7 Å². The number of benzene rings is 1. The average molecular weight is 465 g/mol. The lowest BCUT2D eigenvalue weighted by molar-refractivity contribution is 0.0130. The van der Waals surface area contributed by atoms with Crippen LogP contribution in [-0.4, -0.2) is 10.7 Å². The number of ether oxygens (including phenoxy) is 1. The van der Waals surface area contributed by atoms with Gasteiger partial charge < -0.3 is 9.84 Å². The van der Waals surface area contributed by atoms with Crippen LogP contribution in [0.15, 0.2) is 34.9 Å². The van der Waals surface area contributed by atoms with Crippen molar-refractivity contribution in [2.75, 3.05) is 0 Å². The molecule has 0 radical (unpaired) electrons. The second-order valence-electron chi connectivity index (χ2n) is 11.3. The molecule has 1 unspecified atom stereocenters. The predicted molar refractivity (Wildman–Crippen MR) is 146 cm³/mol. The van der Waals surface area contributed by atoms with Crippen LogP contribution < -0.4 is 4.74 Å². The molecule has 1 N–H and O–H groups in total. The highest BCUT2D eigenvalue weighted by atomic mass is 16.5. The third-order valence-electron chi connectivity index (χ3n) is 8.66. The second kappa shape index (κ2) is 11.6. The van der Waals surface area contributed by atoms with Gasteiger partial charge in [0.15, 0.2) is 0 Å². The zero-order valence-corrected chi connectivity index (χ0v) is 22.9. The molecule has 0 amide bonds. The lowest BCUT2D eigenvalue weighted by Crippen LogP contribution is -2.43. The van der Waals surface area contributed by atoms with E-state index in [0.29, 0.717) is 11.7 Å². The third kappa shape index (κ3) is 6.37. The standard InChI is InChI=1S/C32H48O2/c1-22(14-11-17-28-15-8-9-16-28)12-10-13-23(2)18-19-24(3)32(7)21-20-29-27(6)30(33)25(4)26(5)31(29)34-32/h12,17-18,24,33H,8-11,13-16,19-21H2,1-7H3/b22-12+,23-18+/t24?,32-/m0/s1. The van der Waals surface area contributed by atoms with E-state index in [1.165, 1.54) is 55.2 Å². The quantitative estimate of drug-likeness (QED) is 0.369. The molecule has 1 aliphatic heterocycles. The highest BCUT2D eigenvalue weighted by Crippen LogP contribution is 2.45. The van der Waals surface area contributed by atoms with Gasteiger partial charge in [-0.1, -0.05) is 41.9 Å². The number of phenolic OH excluding ortho intramolecular Hbond substituents is 1. The molecule has 2 atom stereocenters. The number of hydrogen-bond donors (Lipinski definition) is 1. The highest BCUT2D eigenvalue weighted by molar-refractivity contribution is 5.58. The van der Waals surface area contributed by atoms with E-state index in [-0.39, 0.29) is 5.60 Å². The fraction of sp³-hybridized carbons (Fsp3) is 0.625. The second-order valence-corrected chi connectivity index (χ2v) is 11.3. The minimum atomic E-state index is -0.172. The van der Waals surface area contributed by atoms with Gasteiger partial charge in [0.1, 0.15) is 17.1 Å². The Bertz CT molecular complexity index is 954. The van der Waals surface area contributed by atoms with Crippen LogP contribution in [-0.2, 0) is 6.42 Å². The molecule has 1 aromatic rings. The summed E-state index contributed by atoms with van der Waals surface area (Å²) in [6, 6.07) is 0. The van der Waals surface area contributed by atoms with E-state index in [1.807, 2.05) is 13.8 Å². The van der Waals surface area contributed by atoms with E-state index in [2.05, 4.69) is 52.8 Å². The Kier molecular flexibility index (Phi) is 9.13. The molecule has 2 aliphatic rings. The highest BCUT2D eigenvalue weighted by Gasteiger charge is 2.38. The van der Waals surface area contributed by atoms with Crippen molar-refractivity contribution in [2.45, 2.75) is 125 Å². The predicted octanol–water partition coefficient (Wildman–Crippen LogP) is 9.38. The lowest BCUT2D eigenvalue weighted by Gasteiger charge is -2.41. The van der Waals surface area contributed by atoms with Gasteiger partial charge in [-0.25, -0.2) is 0 Å². The molecule has 3 rings (SSSR count). The van der Waals surface area contributed by atoms with Gasteiger partial charge in [-0.2, -0.15) is 0 Å². The monoisotopic (exact) mass is 464 g/mol. The third-order valence-corrected chi connectivity index (χ3v) is 8.66. The van der Waals surface area contributed by atoms with Crippen molar-refractivity contribution in [3.05, 3.63) is 57.2 Å². The molecule has 1 aromatic carbocycles. The van der Waals surface area contributed by atoms with Crippen LogP contribution in [0.3, 0.4) is 0 Å². The van der Waals surface area contributed by atoms with Crippen molar-refractivity contribution in [2.24, 2.45) is 5.92 Å². The normalized spacial score (nSPS) is 21.9. The fourth-order valence-corrected chi connectivity index (χ4v) is 5.53. The summed E-state index contributed by atoms with van der Waals surface area (Å²) >= 11 is 0. The minimum absolute atomic E-state index is 0.172. The Morgan fingerprint density at radius 1 is 0.941 bits per heavy atom. The molecule has 2 nitrogen and oxygen atoms in total. The van der Waals surface area contributed by atoms with E-state index in [9.17, 15) is 5.11 Å². The largest absolute Gasteiger partial charge is 0.507 e. The number of aromatic hydroxyl groups is 1. The zero-order valence-electron chi connectivity index (χ0n) is 22.9. The number of hydrogen-bond acceptors (Lipinski definition) is 2. The Balaban J connectivity index is 1.51. The molecule has 1 heterocycles. The first-order valence-corrected chi connectivity index (χ1v) is 13.6. The Morgan fingerprint density at radius 3 is 2.29 bits per heavy atom. The lowest BCUT2D eigenvalue weighted by atomic mass is 9.79. The summed E-state index contributed by atoms with van der Waals surface area (Å²) in [6.07, 6.45) is 20.6. The van der Waals surface area contributed by atoms with Crippen molar-refractivity contribution in [3.8, 4) is 11.5 Å². The first-order valence-electron chi connectivity index (χ1n) is 13.6. The number of fused-ring (bicyclic) bond motifs is 1. The Morgan fingerprint density at radius 2 is 1.59 bits per heavy atom. The van der Waals surface area contributed by atoms with Crippen LogP contribution in [0.1, 0.15) is 114 Å². The number of allylic oxidation sites excluding steroid dienone is 6. The van der Waals surface area contributed by atoms with Gasteiger partial charge in [0.2, 0.25) is 0 Å². The van der Waals surface area contributed by atoms with Crippen LogP contribution in [0.5, 0.6) is 11.5 Å². The number of phenols is 1. The van der Waals surface area contributed by atoms with Crippen molar-refractivity contribution >= 4 is 0 Å². The smallest absolute Gasteiger partial charge is 0.127 e. The van der Waals surface area contributed by atoms with E-state index < -0.39 is 0 Å². The summed E-state index contributed by atoms with van der Waals surface area (Å²) in [7, 11) is 0. The molecule has 34 heavy (non-hydrogen) atoms. The maximum absolute atomic E-state index is 10.5. The van der Waals surface area contributed by atoms with E-state index in [0.717, 1.165) is 54.5 Å². The van der Waals surface area contributed by atoms with E-state index in [4.69, 9.17) is 4.74 Å². The minimum Gasteiger partial charge on any atom is -0.507 e.